The van der Waals surface area contributed by atoms with Gasteiger partial charge in [0.1, 0.15) is 5.82 Å². The quantitative estimate of drug-likeness (QED) is 0.471. The third-order valence-electron chi connectivity index (χ3n) is 3.69. The van der Waals surface area contributed by atoms with Crippen LogP contribution in [0.4, 0.5) is 5.82 Å². The van der Waals surface area contributed by atoms with Crippen molar-refractivity contribution in [1.82, 2.24) is 15.6 Å². The number of rotatable bonds is 9. The highest BCUT2D eigenvalue weighted by atomic mass is 79.9. The number of thiocarbonyl (C=S) groups is 1. The maximum atomic E-state index is 5.26. The second-order valence-electron chi connectivity index (χ2n) is 5.77. The first-order valence-electron chi connectivity index (χ1n) is 8.61. The number of benzene rings is 1. The first kappa shape index (κ1) is 19.7. The van der Waals surface area contributed by atoms with Crippen LogP contribution in [0.25, 0.3) is 0 Å². The van der Waals surface area contributed by atoms with E-state index in [1.165, 1.54) is 5.56 Å². The molecule has 0 saturated heterocycles. The molecule has 0 radical (unpaired) electrons. The van der Waals surface area contributed by atoms with Crippen molar-refractivity contribution in [3.8, 4) is 0 Å². The maximum absolute atomic E-state index is 5.26. The van der Waals surface area contributed by atoms with Crippen LogP contribution < -0.4 is 15.5 Å². The van der Waals surface area contributed by atoms with Gasteiger partial charge in [0.15, 0.2) is 5.11 Å². The van der Waals surface area contributed by atoms with E-state index < -0.39 is 0 Å². The highest BCUT2D eigenvalue weighted by molar-refractivity contribution is 9.10. The molecule has 0 aliphatic rings. The molecule has 0 fully saturated rings. The number of anilines is 1. The zero-order valence-electron chi connectivity index (χ0n) is 14.5. The summed E-state index contributed by atoms with van der Waals surface area (Å²) in [5.41, 5.74) is 1.27. The van der Waals surface area contributed by atoms with Gasteiger partial charge in [0.05, 0.1) is 0 Å². The lowest BCUT2D eigenvalue weighted by Gasteiger charge is -2.24. The van der Waals surface area contributed by atoms with Crippen LogP contribution in [0.3, 0.4) is 0 Å². The van der Waals surface area contributed by atoms with Crippen LogP contribution >= 0.6 is 28.1 Å². The van der Waals surface area contributed by atoms with Gasteiger partial charge in [-0.2, -0.15) is 0 Å². The van der Waals surface area contributed by atoms with E-state index in [1.54, 1.807) is 0 Å². The molecule has 4 nitrogen and oxygen atoms in total. The van der Waals surface area contributed by atoms with E-state index in [-0.39, 0.29) is 0 Å². The second kappa shape index (κ2) is 11.1. The Morgan fingerprint density at radius 3 is 2.56 bits per heavy atom. The summed E-state index contributed by atoms with van der Waals surface area (Å²) < 4.78 is 1.10. The van der Waals surface area contributed by atoms with E-state index in [4.69, 9.17) is 12.2 Å². The standard InChI is InChI=1S/C19H25BrN4S/c1-2-11-22-19(25)23-13-5-14-24(18-6-3-4-12-21-18)15-16-7-9-17(20)10-8-16/h3-4,6-10,12H,2,5,11,13-15H2,1H3,(H2,22,23,25). The zero-order valence-corrected chi connectivity index (χ0v) is 16.9. The van der Waals surface area contributed by atoms with Crippen molar-refractivity contribution in [1.29, 1.82) is 0 Å². The van der Waals surface area contributed by atoms with Gasteiger partial charge in [-0.15, -0.1) is 0 Å². The van der Waals surface area contributed by atoms with Gasteiger partial charge in [0.25, 0.3) is 0 Å². The van der Waals surface area contributed by atoms with Crippen molar-refractivity contribution in [2.45, 2.75) is 26.3 Å². The van der Waals surface area contributed by atoms with Crippen LogP contribution in [-0.4, -0.2) is 29.7 Å². The molecule has 6 heteroatoms. The molecule has 2 aromatic rings. The minimum atomic E-state index is 0.735. The SMILES string of the molecule is CCCNC(=S)NCCCN(Cc1ccc(Br)cc1)c1ccccn1. The predicted molar refractivity (Wildman–Crippen MR) is 113 cm³/mol. The minimum Gasteiger partial charge on any atom is -0.363 e. The molecular weight excluding hydrogens is 396 g/mol. The molecule has 1 aromatic carbocycles. The van der Waals surface area contributed by atoms with Crippen LogP contribution in [0, 0.1) is 0 Å². The van der Waals surface area contributed by atoms with Crippen LogP contribution in [0.1, 0.15) is 25.3 Å². The molecule has 0 unspecified atom stereocenters. The average molecular weight is 421 g/mol. The summed E-state index contributed by atoms with van der Waals surface area (Å²) >= 11 is 8.74. The van der Waals surface area contributed by atoms with Crippen LogP contribution in [-0.2, 0) is 6.54 Å². The van der Waals surface area contributed by atoms with Gasteiger partial charge in [-0.3, -0.25) is 0 Å². The maximum Gasteiger partial charge on any atom is 0.166 e. The van der Waals surface area contributed by atoms with Gasteiger partial charge >= 0.3 is 0 Å². The second-order valence-corrected chi connectivity index (χ2v) is 7.10. The van der Waals surface area contributed by atoms with E-state index >= 15 is 0 Å². The summed E-state index contributed by atoms with van der Waals surface area (Å²) in [6.45, 7) is 5.64. The smallest absolute Gasteiger partial charge is 0.166 e. The van der Waals surface area contributed by atoms with Crippen molar-refractivity contribution in [2.75, 3.05) is 24.5 Å². The van der Waals surface area contributed by atoms with Crippen LogP contribution in [0.2, 0.25) is 0 Å². The largest absolute Gasteiger partial charge is 0.363 e. The molecule has 0 spiro atoms. The van der Waals surface area contributed by atoms with E-state index in [0.717, 1.165) is 54.4 Å². The van der Waals surface area contributed by atoms with Crippen molar-refractivity contribution in [3.05, 3.63) is 58.7 Å². The van der Waals surface area contributed by atoms with Gasteiger partial charge in [-0.05, 0) is 54.9 Å². The molecule has 0 saturated carbocycles. The Labute approximate surface area is 164 Å². The average Bonchev–Trinajstić information content (AvgIpc) is 2.65. The number of halogens is 1. The van der Waals surface area contributed by atoms with E-state index in [0.29, 0.717) is 0 Å². The molecular formula is C19H25BrN4S. The molecule has 0 bridgehead atoms. The normalized spacial score (nSPS) is 10.3. The van der Waals surface area contributed by atoms with E-state index in [1.807, 2.05) is 18.3 Å². The number of aromatic nitrogens is 1. The van der Waals surface area contributed by atoms with Gasteiger partial charge in [-0.25, -0.2) is 4.98 Å². The number of hydrogen-bond acceptors (Lipinski definition) is 3. The summed E-state index contributed by atoms with van der Waals surface area (Å²) in [5.74, 6) is 0.997. The molecule has 0 aliphatic heterocycles. The molecule has 1 aromatic heterocycles. The summed E-state index contributed by atoms with van der Waals surface area (Å²) in [7, 11) is 0. The van der Waals surface area contributed by atoms with Crippen LogP contribution in [0.15, 0.2) is 53.1 Å². The Morgan fingerprint density at radius 2 is 1.88 bits per heavy atom. The molecule has 2 rings (SSSR count). The lowest BCUT2D eigenvalue weighted by molar-refractivity contribution is 0.695. The van der Waals surface area contributed by atoms with Crippen molar-refractivity contribution in [3.63, 3.8) is 0 Å². The Bertz CT molecular complexity index is 634. The van der Waals surface area contributed by atoms with Gasteiger partial charge in [0.2, 0.25) is 0 Å². The van der Waals surface area contributed by atoms with Crippen molar-refractivity contribution >= 4 is 39.1 Å². The lowest BCUT2D eigenvalue weighted by atomic mass is 10.2. The molecule has 0 amide bonds. The highest BCUT2D eigenvalue weighted by Crippen LogP contribution is 2.16. The van der Waals surface area contributed by atoms with E-state index in [9.17, 15) is 0 Å². The molecule has 0 atom stereocenters. The van der Waals surface area contributed by atoms with Gasteiger partial charge < -0.3 is 15.5 Å². The molecule has 0 aliphatic carbocycles. The predicted octanol–water partition coefficient (Wildman–Crippen LogP) is 4.11. The highest BCUT2D eigenvalue weighted by Gasteiger charge is 2.08. The fraction of sp³-hybridized carbons (Fsp3) is 0.368. The Balaban J connectivity index is 1.89. The Morgan fingerprint density at radius 1 is 1.12 bits per heavy atom. The number of hydrogen-bond donors (Lipinski definition) is 2. The molecule has 2 N–H and O–H groups in total. The van der Waals surface area contributed by atoms with Crippen molar-refractivity contribution in [2.24, 2.45) is 0 Å². The summed E-state index contributed by atoms with van der Waals surface area (Å²) in [5, 5.41) is 7.19. The zero-order chi connectivity index (χ0) is 17.9. The van der Waals surface area contributed by atoms with Gasteiger partial charge in [0, 0.05) is 36.8 Å². The first-order chi connectivity index (χ1) is 12.2. The molecule has 25 heavy (non-hydrogen) atoms. The first-order valence-corrected chi connectivity index (χ1v) is 9.81. The third kappa shape index (κ3) is 7.40. The summed E-state index contributed by atoms with van der Waals surface area (Å²) in [4.78, 5) is 6.80. The summed E-state index contributed by atoms with van der Waals surface area (Å²) in [6, 6.07) is 14.5. The fourth-order valence-electron chi connectivity index (χ4n) is 2.40. The minimum absolute atomic E-state index is 0.735. The lowest BCUT2D eigenvalue weighted by Crippen LogP contribution is -2.37. The number of nitrogens with one attached hydrogen (secondary N) is 2. The topological polar surface area (TPSA) is 40.2 Å². The molecule has 134 valence electrons. The molecule has 1 heterocycles. The van der Waals surface area contributed by atoms with E-state index in [2.05, 4.69) is 73.7 Å². The number of nitrogens with zero attached hydrogens (tertiary/aromatic N) is 2. The fourth-order valence-corrected chi connectivity index (χ4v) is 2.87. The third-order valence-corrected chi connectivity index (χ3v) is 4.50. The Kier molecular flexibility index (Phi) is 8.69. The van der Waals surface area contributed by atoms with Gasteiger partial charge in [-0.1, -0.05) is 41.1 Å². The monoisotopic (exact) mass is 420 g/mol. The summed E-state index contributed by atoms with van der Waals surface area (Å²) in [6.07, 6.45) is 3.90. The van der Waals surface area contributed by atoms with Crippen molar-refractivity contribution < 1.29 is 0 Å². The number of pyridine rings is 1. The Hall–Kier alpha value is -1.66. The van der Waals surface area contributed by atoms with Crippen LogP contribution in [0.5, 0.6) is 0 Å².